The second-order valence-corrected chi connectivity index (χ2v) is 12.2. The van der Waals surface area contributed by atoms with E-state index in [0.717, 1.165) is 22.3 Å². The van der Waals surface area contributed by atoms with E-state index in [2.05, 4.69) is 0 Å². The van der Waals surface area contributed by atoms with Gasteiger partial charge in [-0.25, -0.2) is 4.39 Å². The number of carbonyl (C=O) groups is 1. The smallest absolute Gasteiger partial charge is 0.378 e. The molecule has 2 saturated carbocycles. The summed E-state index contributed by atoms with van der Waals surface area (Å²) in [6.07, 6.45) is -0.0586. The summed E-state index contributed by atoms with van der Waals surface area (Å²) in [5.74, 6) is -6.99. The monoisotopic (exact) mass is 560 g/mol. The topological polar surface area (TPSA) is 37.3 Å². The Bertz CT molecular complexity index is 1380. The highest BCUT2D eigenvalue weighted by atomic mass is 19.4. The van der Waals surface area contributed by atoms with Gasteiger partial charge in [0.25, 0.3) is 0 Å². The number of rotatable bonds is 3. The molecule has 2 aromatic carbocycles. The predicted octanol–water partition coefficient (Wildman–Crippen LogP) is 8.03. The van der Waals surface area contributed by atoms with Gasteiger partial charge in [-0.2, -0.15) is 22.0 Å². The molecule has 2 unspecified atom stereocenters. The number of carbonyl (C=O) groups excluding carboxylic acids is 1. The van der Waals surface area contributed by atoms with Crippen molar-refractivity contribution >= 4 is 5.78 Å². The average Bonchev–Trinajstić information content (AvgIpc) is 3.19. The molecule has 0 spiro atoms. The summed E-state index contributed by atoms with van der Waals surface area (Å²) < 4.78 is 84.6. The predicted molar refractivity (Wildman–Crippen MR) is 138 cm³/mol. The highest BCUT2D eigenvalue weighted by Crippen LogP contribution is 2.69. The maximum atomic E-state index is 15.1. The zero-order valence-electron chi connectivity index (χ0n) is 21.9. The van der Waals surface area contributed by atoms with Crippen LogP contribution in [0.15, 0.2) is 72.3 Å². The van der Waals surface area contributed by atoms with Gasteiger partial charge in [-0.3, -0.25) is 4.79 Å². The quantitative estimate of drug-likeness (QED) is 0.305. The lowest BCUT2D eigenvalue weighted by atomic mass is 9.46. The fourth-order valence-electron chi connectivity index (χ4n) is 8.37. The molecule has 6 rings (SSSR count). The number of hydrogen-bond donors (Lipinski definition) is 1. The first kappa shape index (κ1) is 27.3. The molecule has 40 heavy (non-hydrogen) atoms. The molecule has 2 nitrogen and oxygen atoms in total. The second kappa shape index (κ2) is 9.07. The summed E-state index contributed by atoms with van der Waals surface area (Å²) in [5, 5.41) is 11.3. The van der Waals surface area contributed by atoms with Crippen LogP contribution in [0.3, 0.4) is 0 Å². The molecule has 4 aliphatic rings. The minimum atomic E-state index is -5.92. The van der Waals surface area contributed by atoms with Crippen molar-refractivity contribution in [1.82, 2.24) is 0 Å². The molecule has 212 valence electrons. The highest BCUT2D eigenvalue weighted by Gasteiger charge is 2.78. The minimum Gasteiger partial charge on any atom is -0.378 e. The van der Waals surface area contributed by atoms with Gasteiger partial charge in [0.1, 0.15) is 5.82 Å². The number of ketones is 1. The van der Waals surface area contributed by atoms with Gasteiger partial charge in [0, 0.05) is 11.8 Å². The lowest BCUT2D eigenvalue weighted by molar-refractivity contribution is -0.354. The Balaban J connectivity index is 1.44. The highest BCUT2D eigenvalue weighted by molar-refractivity contribution is 5.91. The maximum Gasteiger partial charge on any atom is 0.456 e. The number of halogens is 6. The van der Waals surface area contributed by atoms with Crippen LogP contribution in [-0.4, -0.2) is 28.6 Å². The van der Waals surface area contributed by atoms with Crippen LogP contribution in [0.5, 0.6) is 0 Å². The lowest BCUT2D eigenvalue weighted by Crippen LogP contribution is -2.66. The average molecular weight is 561 g/mol. The van der Waals surface area contributed by atoms with Crippen molar-refractivity contribution in [3.8, 4) is 11.1 Å². The van der Waals surface area contributed by atoms with Crippen LogP contribution in [0, 0.1) is 34.9 Å². The molecule has 0 aliphatic heterocycles. The van der Waals surface area contributed by atoms with Gasteiger partial charge in [-0.05, 0) is 96.2 Å². The summed E-state index contributed by atoms with van der Waals surface area (Å²) in [7, 11) is 0. The number of aliphatic hydroxyl groups is 1. The maximum absolute atomic E-state index is 15.1. The lowest BCUT2D eigenvalue weighted by Gasteiger charge is -2.59. The second-order valence-electron chi connectivity index (χ2n) is 12.2. The number of fused-ring (bicyclic) bond motifs is 5. The first-order chi connectivity index (χ1) is 18.8. The zero-order valence-corrected chi connectivity index (χ0v) is 21.9. The van der Waals surface area contributed by atoms with Crippen LogP contribution in [0.4, 0.5) is 26.3 Å². The minimum absolute atomic E-state index is 0.0213. The van der Waals surface area contributed by atoms with E-state index in [1.54, 1.807) is 18.2 Å². The first-order valence-electron chi connectivity index (χ1n) is 13.7. The third-order valence-electron chi connectivity index (χ3n) is 10.3. The molecule has 8 heteroatoms. The van der Waals surface area contributed by atoms with E-state index >= 15 is 8.78 Å². The molecule has 0 amide bonds. The van der Waals surface area contributed by atoms with Gasteiger partial charge in [-0.1, -0.05) is 55.0 Å². The number of benzene rings is 2. The Kier molecular flexibility index (Phi) is 6.19. The van der Waals surface area contributed by atoms with Gasteiger partial charge in [-0.15, -0.1) is 0 Å². The van der Waals surface area contributed by atoms with E-state index in [0.29, 0.717) is 31.8 Å². The third-order valence-corrected chi connectivity index (χ3v) is 10.3. The Hall–Kier alpha value is -2.87. The molecule has 2 aromatic rings. The van der Waals surface area contributed by atoms with Crippen LogP contribution in [0.2, 0.25) is 0 Å². The fraction of sp³-hybridized carbons (Fsp3) is 0.469. The Morgan fingerprint density at radius 3 is 2.12 bits per heavy atom. The van der Waals surface area contributed by atoms with Crippen molar-refractivity contribution in [3.63, 3.8) is 0 Å². The normalized spacial score (nSPS) is 35.5. The van der Waals surface area contributed by atoms with Crippen molar-refractivity contribution in [3.05, 3.63) is 83.7 Å². The molecule has 0 radical (unpaired) electrons. The molecular weight excluding hydrogens is 530 g/mol. The van der Waals surface area contributed by atoms with E-state index in [1.165, 1.54) is 25.1 Å². The van der Waals surface area contributed by atoms with E-state index in [-0.39, 0.29) is 35.8 Å². The molecule has 0 heterocycles. The van der Waals surface area contributed by atoms with Crippen molar-refractivity contribution in [2.45, 2.75) is 62.6 Å². The van der Waals surface area contributed by atoms with Gasteiger partial charge < -0.3 is 5.11 Å². The van der Waals surface area contributed by atoms with E-state index in [4.69, 9.17) is 0 Å². The molecule has 7 atom stereocenters. The summed E-state index contributed by atoms with van der Waals surface area (Å²) >= 11 is 0. The molecule has 4 aliphatic carbocycles. The van der Waals surface area contributed by atoms with E-state index in [9.17, 15) is 27.5 Å². The van der Waals surface area contributed by atoms with Gasteiger partial charge >= 0.3 is 12.1 Å². The molecule has 0 bridgehead atoms. The van der Waals surface area contributed by atoms with Crippen LogP contribution < -0.4 is 0 Å². The number of alkyl halides is 5. The van der Waals surface area contributed by atoms with Gasteiger partial charge in [0.15, 0.2) is 11.4 Å². The molecule has 2 fully saturated rings. The van der Waals surface area contributed by atoms with Crippen LogP contribution in [0.1, 0.15) is 50.5 Å². The summed E-state index contributed by atoms with van der Waals surface area (Å²) in [4.78, 5) is 12.2. The fourth-order valence-corrected chi connectivity index (χ4v) is 8.37. The Labute approximate surface area is 228 Å². The van der Waals surface area contributed by atoms with Crippen LogP contribution in [-0.2, 0) is 4.79 Å². The molecule has 0 saturated heterocycles. The third kappa shape index (κ3) is 3.85. The van der Waals surface area contributed by atoms with Crippen LogP contribution >= 0.6 is 0 Å². The molecular formula is C32H30F6O2. The van der Waals surface area contributed by atoms with Crippen molar-refractivity contribution in [1.29, 1.82) is 0 Å². The van der Waals surface area contributed by atoms with Crippen molar-refractivity contribution < 1.29 is 36.2 Å². The Morgan fingerprint density at radius 2 is 1.50 bits per heavy atom. The standard InChI is InChI=1S/C32H30F6O2/c1-29-17-26(20-4-2-18(3-5-20)19-6-9-22(33)10-7-19)28-24-13-11-23(39)16-21(24)8-12-25(28)27(29)14-15-30(29,40)31(34,35)32(36,37)38/h2-7,9-10,14-16,24-28,40H,8,11-13,17H2,1H3/t24-,25-,26?,27-,28+,29-,30?/m0/s1. The summed E-state index contributed by atoms with van der Waals surface area (Å²) in [6, 6.07) is 13.4. The molecule has 1 N–H and O–H groups in total. The van der Waals surface area contributed by atoms with Gasteiger partial charge in [0.05, 0.1) is 0 Å². The largest absolute Gasteiger partial charge is 0.456 e. The molecule has 0 aromatic heterocycles. The van der Waals surface area contributed by atoms with E-state index in [1.807, 2.05) is 24.3 Å². The Morgan fingerprint density at radius 1 is 0.875 bits per heavy atom. The zero-order chi connectivity index (χ0) is 28.7. The number of hydrogen-bond acceptors (Lipinski definition) is 2. The van der Waals surface area contributed by atoms with Crippen molar-refractivity contribution in [2.24, 2.45) is 29.1 Å². The number of allylic oxidation sites excluding steroid dienone is 3. The van der Waals surface area contributed by atoms with Gasteiger partial charge in [0.2, 0.25) is 0 Å². The SMILES string of the molecule is C[C@]12CC(c3ccc(-c4ccc(F)cc4)cc3)[C@H]3[C@@H](CCC4=CC(=O)CC[C@@H]43)[C@@H]1C=CC2(O)C(F)(F)C(F)(F)F. The first-order valence-corrected chi connectivity index (χ1v) is 13.7. The van der Waals surface area contributed by atoms with Crippen molar-refractivity contribution in [2.75, 3.05) is 0 Å². The summed E-state index contributed by atoms with van der Waals surface area (Å²) in [5.41, 5.74) is -1.72. The van der Waals surface area contributed by atoms with E-state index < -0.39 is 35.0 Å². The van der Waals surface area contributed by atoms with Crippen LogP contribution in [0.25, 0.3) is 11.1 Å². The summed E-state index contributed by atoms with van der Waals surface area (Å²) in [6.45, 7) is 1.38.